The number of carbonyl (C=O) groups excluding carboxylic acids is 2. The number of rotatable bonds is 7. The Bertz CT molecular complexity index is 1030. The van der Waals surface area contributed by atoms with Crippen LogP contribution in [-0.4, -0.2) is 30.0 Å². The van der Waals surface area contributed by atoms with Crippen molar-refractivity contribution in [2.75, 3.05) is 12.0 Å². The number of anilines is 1. The van der Waals surface area contributed by atoms with Crippen molar-refractivity contribution in [3.8, 4) is 11.6 Å². The molecule has 6 nitrogen and oxygen atoms in total. The summed E-state index contributed by atoms with van der Waals surface area (Å²) in [6.45, 7) is 9.88. The number of hydrogen-bond acceptors (Lipinski definition) is 5. The summed E-state index contributed by atoms with van der Waals surface area (Å²) in [4.78, 5) is 32.0. The van der Waals surface area contributed by atoms with Gasteiger partial charge >= 0.3 is 5.97 Å². The number of ether oxygens (including phenoxy) is 2. The summed E-state index contributed by atoms with van der Waals surface area (Å²) in [6.07, 6.45) is 5.11. The number of benzene rings is 1. The van der Waals surface area contributed by atoms with Gasteiger partial charge in [-0.25, -0.2) is 14.2 Å². The quantitative estimate of drug-likeness (QED) is 0.433. The molecule has 0 spiro atoms. The van der Waals surface area contributed by atoms with Crippen LogP contribution in [0.4, 0.5) is 10.1 Å². The van der Waals surface area contributed by atoms with E-state index >= 15 is 4.39 Å². The molecule has 0 unspecified atom stereocenters. The van der Waals surface area contributed by atoms with Gasteiger partial charge in [0.2, 0.25) is 11.8 Å². The van der Waals surface area contributed by atoms with Crippen LogP contribution >= 0.6 is 0 Å². The number of aromatic nitrogens is 1. The van der Waals surface area contributed by atoms with Gasteiger partial charge in [0.15, 0.2) is 11.6 Å². The highest BCUT2D eigenvalue weighted by atomic mass is 19.1. The summed E-state index contributed by atoms with van der Waals surface area (Å²) >= 11 is 0. The van der Waals surface area contributed by atoms with Crippen LogP contribution in [0.1, 0.15) is 82.1 Å². The van der Waals surface area contributed by atoms with E-state index in [1.165, 1.54) is 24.1 Å². The molecule has 1 aliphatic rings. The van der Waals surface area contributed by atoms with Crippen molar-refractivity contribution < 1.29 is 23.5 Å². The summed E-state index contributed by atoms with van der Waals surface area (Å²) < 4.78 is 26.2. The topological polar surface area (TPSA) is 68.7 Å². The molecule has 1 fully saturated rings. The molecule has 3 rings (SSSR count). The first-order valence-corrected chi connectivity index (χ1v) is 12.0. The molecule has 1 aromatic heterocycles. The highest BCUT2D eigenvalue weighted by Crippen LogP contribution is 2.37. The van der Waals surface area contributed by atoms with Crippen LogP contribution in [0.25, 0.3) is 0 Å². The highest BCUT2D eigenvalue weighted by molar-refractivity contribution is 6.04. The molecule has 1 aromatic carbocycles. The summed E-state index contributed by atoms with van der Waals surface area (Å²) in [5.74, 6) is -0.756. The van der Waals surface area contributed by atoms with Crippen LogP contribution in [0.15, 0.2) is 30.5 Å². The Morgan fingerprint density at radius 3 is 2.38 bits per heavy atom. The number of methoxy groups -OCH3 is 1. The van der Waals surface area contributed by atoms with Gasteiger partial charge in [0.1, 0.15) is 0 Å². The van der Waals surface area contributed by atoms with Crippen molar-refractivity contribution in [1.29, 1.82) is 0 Å². The van der Waals surface area contributed by atoms with E-state index in [1.54, 1.807) is 12.3 Å². The Balaban J connectivity index is 2.04. The Kier molecular flexibility index (Phi) is 8.28. The summed E-state index contributed by atoms with van der Waals surface area (Å²) in [5, 5.41) is 0. The third kappa shape index (κ3) is 5.57. The van der Waals surface area contributed by atoms with Crippen molar-refractivity contribution in [3.05, 3.63) is 47.4 Å². The third-order valence-electron chi connectivity index (χ3n) is 6.46. The lowest BCUT2D eigenvalue weighted by Gasteiger charge is -2.34. The first-order chi connectivity index (χ1) is 16.1. The van der Waals surface area contributed by atoms with Crippen LogP contribution < -0.4 is 9.64 Å². The largest absolute Gasteiger partial charge is 0.465 e. The number of pyridine rings is 1. The van der Waals surface area contributed by atoms with E-state index in [4.69, 9.17) is 9.47 Å². The molecular formula is C27H35FN2O4. The fourth-order valence-corrected chi connectivity index (χ4v) is 4.48. The molecule has 1 heterocycles. The zero-order valence-corrected chi connectivity index (χ0v) is 20.9. The molecule has 0 saturated heterocycles. The monoisotopic (exact) mass is 470 g/mol. The number of nitrogens with zero attached hydrogens (tertiary/aromatic N) is 2. The number of esters is 1. The lowest BCUT2D eigenvalue weighted by molar-refractivity contribution is -0.123. The maximum absolute atomic E-state index is 15.4. The maximum Gasteiger partial charge on any atom is 0.340 e. The van der Waals surface area contributed by atoms with Crippen LogP contribution in [-0.2, 0) is 9.53 Å². The minimum Gasteiger partial charge on any atom is -0.465 e. The van der Waals surface area contributed by atoms with Crippen LogP contribution in [0.5, 0.6) is 11.6 Å². The van der Waals surface area contributed by atoms with Crippen molar-refractivity contribution in [3.63, 3.8) is 0 Å². The van der Waals surface area contributed by atoms with Gasteiger partial charge in [-0.2, -0.15) is 0 Å². The van der Waals surface area contributed by atoms with E-state index in [9.17, 15) is 9.59 Å². The molecule has 184 valence electrons. The average Bonchev–Trinajstić information content (AvgIpc) is 2.80. The molecule has 2 aromatic rings. The molecule has 0 N–H and O–H groups in total. The van der Waals surface area contributed by atoms with Gasteiger partial charge in [0.05, 0.1) is 18.4 Å². The highest BCUT2D eigenvalue weighted by Gasteiger charge is 2.33. The lowest BCUT2D eigenvalue weighted by Crippen LogP contribution is -2.43. The first kappa shape index (κ1) is 25.7. The number of carbonyl (C=O) groups is 2. The zero-order chi connectivity index (χ0) is 25.0. The second-order valence-electron chi connectivity index (χ2n) is 9.70. The van der Waals surface area contributed by atoms with E-state index in [-0.39, 0.29) is 46.7 Å². The van der Waals surface area contributed by atoms with E-state index in [1.807, 2.05) is 33.8 Å². The first-order valence-electron chi connectivity index (χ1n) is 12.0. The van der Waals surface area contributed by atoms with Crippen LogP contribution in [0.3, 0.4) is 0 Å². The van der Waals surface area contributed by atoms with Gasteiger partial charge < -0.3 is 14.4 Å². The van der Waals surface area contributed by atoms with Gasteiger partial charge in [0, 0.05) is 35.9 Å². The predicted octanol–water partition coefficient (Wildman–Crippen LogP) is 6.49. The number of hydrogen-bond donors (Lipinski definition) is 0. The maximum atomic E-state index is 15.4. The lowest BCUT2D eigenvalue weighted by atomic mass is 9.82. The Hall–Kier alpha value is -2.96. The molecule has 34 heavy (non-hydrogen) atoms. The normalized spacial score (nSPS) is 18.1. The van der Waals surface area contributed by atoms with Crippen molar-refractivity contribution in [2.45, 2.75) is 72.3 Å². The molecule has 1 aliphatic carbocycles. The Morgan fingerprint density at radius 1 is 1.12 bits per heavy atom. The van der Waals surface area contributed by atoms with E-state index in [2.05, 4.69) is 11.9 Å². The molecule has 1 amide bonds. The van der Waals surface area contributed by atoms with Crippen LogP contribution in [0.2, 0.25) is 0 Å². The van der Waals surface area contributed by atoms with Gasteiger partial charge in [0.25, 0.3) is 0 Å². The van der Waals surface area contributed by atoms with Gasteiger partial charge in [-0.15, -0.1) is 0 Å². The van der Waals surface area contributed by atoms with Gasteiger partial charge in [-0.1, -0.05) is 26.8 Å². The molecule has 1 saturated carbocycles. The van der Waals surface area contributed by atoms with Crippen molar-refractivity contribution >= 4 is 17.6 Å². The SMILES string of the molecule is COC(=O)c1cc(Oc2ncccc2C(C)C)c(F)cc1N(C(=O)C1CCC(C)CC1)C(C)C. The van der Waals surface area contributed by atoms with E-state index in [0.29, 0.717) is 5.92 Å². The predicted molar refractivity (Wildman–Crippen MR) is 130 cm³/mol. The standard InChI is InChI=1S/C27H35FN2O4/c1-16(2)20-8-7-13-29-25(20)34-24-14-21(27(32)33-6)23(15-22(24)28)30(17(3)4)26(31)19-11-9-18(5)10-12-19/h7-8,13-19H,9-12H2,1-6H3. The Labute approximate surface area is 201 Å². The summed E-state index contributed by atoms with van der Waals surface area (Å²) in [7, 11) is 1.26. The average molecular weight is 471 g/mol. The minimum absolute atomic E-state index is 0.0761. The van der Waals surface area contributed by atoms with Crippen molar-refractivity contribution in [1.82, 2.24) is 4.98 Å². The molecule has 0 atom stereocenters. The van der Waals surface area contributed by atoms with Crippen LogP contribution in [0, 0.1) is 17.7 Å². The van der Waals surface area contributed by atoms with E-state index < -0.39 is 11.8 Å². The smallest absolute Gasteiger partial charge is 0.340 e. The summed E-state index contributed by atoms with van der Waals surface area (Å²) in [6, 6.07) is 5.89. The molecule has 0 radical (unpaired) electrons. The number of amides is 1. The molecule has 7 heteroatoms. The molecular weight excluding hydrogens is 435 g/mol. The Morgan fingerprint density at radius 2 is 1.79 bits per heavy atom. The van der Waals surface area contributed by atoms with Gasteiger partial charge in [-0.3, -0.25) is 4.79 Å². The molecule has 0 bridgehead atoms. The zero-order valence-electron chi connectivity index (χ0n) is 20.9. The van der Waals surface area contributed by atoms with Gasteiger partial charge in [-0.05, 0) is 57.4 Å². The van der Waals surface area contributed by atoms with E-state index in [0.717, 1.165) is 31.2 Å². The molecule has 0 aliphatic heterocycles. The second kappa shape index (κ2) is 11.0. The second-order valence-corrected chi connectivity index (χ2v) is 9.70. The number of halogens is 1. The van der Waals surface area contributed by atoms with Crippen molar-refractivity contribution in [2.24, 2.45) is 11.8 Å². The minimum atomic E-state index is -0.682. The summed E-state index contributed by atoms with van der Waals surface area (Å²) in [5.41, 5.74) is 1.09. The fourth-order valence-electron chi connectivity index (χ4n) is 4.48. The third-order valence-corrected chi connectivity index (χ3v) is 6.46. The fraction of sp³-hybridized carbons (Fsp3) is 0.519.